The van der Waals surface area contributed by atoms with Gasteiger partial charge in [-0.05, 0) is 90.4 Å². The fourth-order valence-corrected chi connectivity index (χ4v) is 4.88. The van der Waals surface area contributed by atoms with Gasteiger partial charge in [-0.25, -0.2) is 14.4 Å². The van der Waals surface area contributed by atoms with E-state index in [-0.39, 0.29) is 16.7 Å². The average Bonchev–Trinajstić information content (AvgIpc) is 3.07. The molecule has 47 heavy (non-hydrogen) atoms. The molecule has 0 radical (unpaired) electrons. The summed E-state index contributed by atoms with van der Waals surface area (Å²) < 4.78 is 17.3. The van der Waals surface area contributed by atoms with Crippen molar-refractivity contribution in [3.8, 4) is 17.2 Å². The molecule has 0 saturated carbocycles. The summed E-state index contributed by atoms with van der Waals surface area (Å²) in [4.78, 5) is 40.6. The van der Waals surface area contributed by atoms with Gasteiger partial charge in [0, 0.05) is 5.57 Å². The van der Waals surface area contributed by atoms with Crippen LogP contribution >= 0.6 is 0 Å². The van der Waals surface area contributed by atoms with Crippen LogP contribution in [-0.4, -0.2) is 17.9 Å². The van der Waals surface area contributed by atoms with Gasteiger partial charge in [-0.2, -0.15) is 0 Å². The number of hydrogen-bond donors (Lipinski definition) is 0. The molecule has 0 unspecified atom stereocenters. The highest BCUT2D eigenvalue weighted by atomic mass is 16.5. The summed E-state index contributed by atoms with van der Waals surface area (Å²) in [5.74, 6) is -0.897. The first-order valence-corrected chi connectivity index (χ1v) is 15.0. The minimum absolute atomic E-state index is 0.0611. The van der Waals surface area contributed by atoms with Gasteiger partial charge in [0.25, 0.3) is 0 Å². The number of benzene rings is 4. The van der Waals surface area contributed by atoms with Crippen LogP contribution in [0.25, 0.3) is 12.2 Å². The molecule has 0 aliphatic carbocycles. The first-order valence-electron chi connectivity index (χ1n) is 15.0. The predicted octanol–water partition coefficient (Wildman–Crippen LogP) is 8.96. The van der Waals surface area contributed by atoms with Crippen molar-refractivity contribution in [2.45, 2.75) is 26.2 Å². The summed E-state index contributed by atoms with van der Waals surface area (Å²) in [5.41, 5.74) is 3.42. The van der Waals surface area contributed by atoms with Gasteiger partial charge in [-0.3, -0.25) is 0 Å². The number of rotatable bonds is 14. The molecule has 4 rings (SSSR count). The molecule has 6 heteroatoms. The van der Waals surface area contributed by atoms with Gasteiger partial charge < -0.3 is 14.2 Å². The number of hydrogen-bond acceptors (Lipinski definition) is 6. The maximum absolute atomic E-state index is 13.8. The third-order valence-electron chi connectivity index (χ3n) is 7.18. The lowest BCUT2D eigenvalue weighted by Gasteiger charge is -2.15. The van der Waals surface area contributed by atoms with Crippen LogP contribution in [0.2, 0.25) is 0 Å². The molecule has 0 saturated heterocycles. The van der Waals surface area contributed by atoms with Gasteiger partial charge in [-0.15, -0.1) is 19.7 Å². The maximum Gasteiger partial charge on any atom is 0.344 e. The van der Waals surface area contributed by atoms with Crippen LogP contribution in [0.5, 0.6) is 17.2 Å². The van der Waals surface area contributed by atoms with Gasteiger partial charge in [-0.1, -0.05) is 85.5 Å². The van der Waals surface area contributed by atoms with Crippen LogP contribution < -0.4 is 14.2 Å². The Balaban J connectivity index is 1.78. The van der Waals surface area contributed by atoms with Crippen LogP contribution in [0.3, 0.4) is 0 Å². The number of carbonyl (C=O) groups is 3. The molecule has 0 bridgehead atoms. The second-order valence-electron chi connectivity index (χ2n) is 10.5. The van der Waals surface area contributed by atoms with E-state index >= 15 is 0 Å². The number of esters is 3. The number of allylic oxidation sites excluding steroid dienone is 3. The fraction of sp³-hybridized carbons (Fsp3) is 0.0976. The summed E-state index contributed by atoms with van der Waals surface area (Å²) in [6, 6.07) is 24.4. The van der Waals surface area contributed by atoms with E-state index in [9.17, 15) is 14.4 Å². The molecule has 4 aromatic rings. The van der Waals surface area contributed by atoms with E-state index in [1.165, 1.54) is 12.1 Å². The van der Waals surface area contributed by atoms with Crippen molar-refractivity contribution in [2.75, 3.05) is 0 Å². The van der Waals surface area contributed by atoms with E-state index < -0.39 is 17.9 Å². The predicted molar refractivity (Wildman–Crippen MR) is 187 cm³/mol. The SMILES string of the molecule is C=CCc1ccccc1OC(=O)/C(C)=C/c1cc(C(=O)Oc2ccccc2CC=C)cc(C(=O)Oc2ccccc2CC=C)c1C=C. The summed E-state index contributed by atoms with van der Waals surface area (Å²) in [5, 5.41) is 0. The first kappa shape index (κ1) is 33.9. The van der Waals surface area contributed by atoms with Crippen molar-refractivity contribution >= 4 is 30.1 Å². The average molecular weight is 625 g/mol. The van der Waals surface area contributed by atoms with Crippen LogP contribution in [0.15, 0.2) is 135 Å². The fourth-order valence-electron chi connectivity index (χ4n) is 4.88. The van der Waals surface area contributed by atoms with Gasteiger partial charge >= 0.3 is 17.9 Å². The number of carbonyl (C=O) groups excluding carboxylic acids is 3. The smallest absolute Gasteiger partial charge is 0.344 e. The molecule has 6 nitrogen and oxygen atoms in total. The number of ether oxygens (including phenoxy) is 3. The van der Waals surface area contributed by atoms with Gasteiger partial charge in [0.2, 0.25) is 0 Å². The Morgan fingerprint density at radius 1 is 0.617 bits per heavy atom. The van der Waals surface area contributed by atoms with E-state index in [4.69, 9.17) is 14.2 Å². The van der Waals surface area contributed by atoms with Crippen LogP contribution in [-0.2, 0) is 24.1 Å². The van der Waals surface area contributed by atoms with Crippen molar-refractivity contribution in [1.82, 2.24) is 0 Å². The summed E-state index contributed by atoms with van der Waals surface area (Å²) in [6.07, 6.45) is 9.67. The third kappa shape index (κ3) is 8.59. The van der Waals surface area contributed by atoms with E-state index in [0.29, 0.717) is 47.6 Å². The lowest BCUT2D eigenvalue weighted by molar-refractivity contribution is -0.130. The molecule has 4 aromatic carbocycles. The Labute approximate surface area is 275 Å². The highest BCUT2D eigenvalue weighted by molar-refractivity contribution is 6.02. The van der Waals surface area contributed by atoms with Crippen molar-refractivity contribution in [3.63, 3.8) is 0 Å². The summed E-state index contributed by atoms with van der Waals surface area (Å²) >= 11 is 0. The third-order valence-corrected chi connectivity index (χ3v) is 7.18. The molecular formula is C41H36O6. The first-order chi connectivity index (χ1) is 22.8. The highest BCUT2D eigenvalue weighted by Crippen LogP contribution is 2.28. The van der Waals surface area contributed by atoms with Crippen LogP contribution in [0.4, 0.5) is 0 Å². The van der Waals surface area contributed by atoms with E-state index in [0.717, 1.165) is 16.7 Å². The monoisotopic (exact) mass is 624 g/mol. The highest BCUT2D eigenvalue weighted by Gasteiger charge is 2.22. The molecule has 0 heterocycles. The Morgan fingerprint density at radius 3 is 1.53 bits per heavy atom. The number of para-hydroxylation sites is 3. The Bertz CT molecular complexity index is 1880. The molecular weight excluding hydrogens is 588 g/mol. The van der Waals surface area contributed by atoms with Crippen LogP contribution in [0, 0.1) is 0 Å². The second kappa shape index (κ2) is 16.3. The summed E-state index contributed by atoms with van der Waals surface area (Å²) in [7, 11) is 0. The largest absolute Gasteiger partial charge is 0.423 e. The molecule has 0 fully saturated rings. The van der Waals surface area contributed by atoms with Gasteiger partial charge in [0.05, 0.1) is 11.1 Å². The zero-order chi connectivity index (χ0) is 33.8. The molecule has 0 N–H and O–H groups in total. The van der Waals surface area contributed by atoms with Crippen molar-refractivity contribution < 1.29 is 28.6 Å². The zero-order valence-corrected chi connectivity index (χ0v) is 26.4. The second-order valence-corrected chi connectivity index (χ2v) is 10.5. The molecule has 0 aromatic heterocycles. The Kier molecular flexibility index (Phi) is 11.8. The minimum atomic E-state index is -0.716. The van der Waals surface area contributed by atoms with Crippen molar-refractivity contribution in [2.24, 2.45) is 0 Å². The Hall–Kier alpha value is -6.01. The molecule has 0 amide bonds. The molecule has 0 aliphatic rings. The lowest BCUT2D eigenvalue weighted by Crippen LogP contribution is -2.16. The molecule has 236 valence electrons. The molecule has 0 aliphatic heterocycles. The standard InChI is InChI=1S/C41H36O6/c1-6-16-29-19-10-13-22-36(29)45-39(42)28(5)25-32-26-33(40(43)46-37-23-14-11-20-30(37)17-7-2)27-35(34(32)9-4)41(44)47-38-24-15-12-21-31(38)18-8-3/h6-15,19-27H,1-4,16-18H2,5H3/b28-25+. The quantitative estimate of drug-likeness (QED) is 0.0603. The zero-order valence-electron chi connectivity index (χ0n) is 26.4. The van der Waals surface area contributed by atoms with Crippen molar-refractivity contribution in [1.29, 1.82) is 0 Å². The summed E-state index contributed by atoms with van der Waals surface area (Å²) in [6.45, 7) is 16.8. The van der Waals surface area contributed by atoms with Crippen LogP contribution in [0.1, 0.15) is 55.5 Å². The lowest BCUT2D eigenvalue weighted by atomic mass is 9.95. The van der Waals surface area contributed by atoms with Gasteiger partial charge in [0.1, 0.15) is 17.2 Å². The van der Waals surface area contributed by atoms with E-state index in [1.807, 2.05) is 36.4 Å². The maximum atomic E-state index is 13.8. The molecule has 0 spiro atoms. The molecule has 0 atom stereocenters. The topological polar surface area (TPSA) is 78.9 Å². The van der Waals surface area contributed by atoms with Gasteiger partial charge in [0.15, 0.2) is 0 Å². The van der Waals surface area contributed by atoms with Crippen molar-refractivity contribution in [3.05, 3.63) is 174 Å². The van der Waals surface area contributed by atoms with E-state index in [2.05, 4.69) is 26.3 Å². The Morgan fingerprint density at radius 2 is 1.06 bits per heavy atom. The normalized spacial score (nSPS) is 10.8. The minimum Gasteiger partial charge on any atom is -0.423 e. The van der Waals surface area contributed by atoms with E-state index in [1.54, 1.807) is 73.7 Å².